The lowest BCUT2D eigenvalue weighted by molar-refractivity contribution is -0.124. The molecule has 0 saturated heterocycles. The SMILES string of the molecule is CSC(=O)CCNC(=O)C(C)C. The number of nitrogens with one attached hydrogen (secondary N) is 1. The Morgan fingerprint density at radius 2 is 2.00 bits per heavy atom. The third kappa shape index (κ3) is 5.18. The number of hydrogen-bond acceptors (Lipinski definition) is 3. The third-order valence-electron chi connectivity index (χ3n) is 1.38. The van der Waals surface area contributed by atoms with E-state index in [1.54, 1.807) is 6.26 Å². The summed E-state index contributed by atoms with van der Waals surface area (Å²) in [5, 5.41) is 2.78. The lowest BCUT2D eigenvalue weighted by atomic mass is 10.2. The molecule has 12 heavy (non-hydrogen) atoms. The fourth-order valence-corrected chi connectivity index (χ4v) is 0.900. The average molecular weight is 189 g/mol. The van der Waals surface area contributed by atoms with Gasteiger partial charge in [0.15, 0.2) is 5.12 Å². The van der Waals surface area contributed by atoms with Gasteiger partial charge in [0.05, 0.1) is 0 Å². The number of carbonyl (C=O) groups is 2. The Labute approximate surface area is 77.3 Å². The molecule has 0 aromatic heterocycles. The summed E-state index contributed by atoms with van der Waals surface area (Å²) in [5.74, 6) is -0.00159. The highest BCUT2D eigenvalue weighted by molar-refractivity contribution is 8.13. The minimum absolute atomic E-state index is 0.00361. The van der Waals surface area contributed by atoms with Crippen molar-refractivity contribution in [3.8, 4) is 0 Å². The highest BCUT2D eigenvalue weighted by atomic mass is 32.2. The predicted octanol–water partition coefficient (Wildman–Crippen LogP) is 1.04. The molecule has 0 heterocycles. The van der Waals surface area contributed by atoms with Crippen LogP contribution in [0.1, 0.15) is 20.3 Å². The van der Waals surface area contributed by atoms with Crippen LogP contribution in [0.4, 0.5) is 0 Å². The van der Waals surface area contributed by atoms with Crippen LogP contribution in [0.2, 0.25) is 0 Å². The largest absolute Gasteiger partial charge is 0.355 e. The van der Waals surface area contributed by atoms with Crippen molar-refractivity contribution in [1.82, 2.24) is 5.32 Å². The monoisotopic (exact) mass is 189 g/mol. The van der Waals surface area contributed by atoms with E-state index in [1.165, 1.54) is 11.8 Å². The Bertz CT molecular complexity index is 168. The van der Waals surface area contributed by atoms with Gasteiger partial charge in [0, 0.05) is 18.9 Å². The zero-order chi connectivity index (χ0) is 9.56. The minimum atomic E-state index is -0.00520. The van der Waals surface area contributed by atoms with Crippen LogP contribution in [0.5, 0.6) is 0 Å². The topological polar surface area (TPSA) is 46.2 Å². The van der Waals surface area contributed by atoms with Crippen LogP contribution >= 0.6 is 11.8 Å². The smallest absolute Gasteiger partial charge is 0.222 e. The van der Waals surface area contributed by atoms with Gasteiger partial charge in [0.25, 0.3) is 0 Å². The first kappa shape index (κ1) is 11.5. The number of hydrogen-bond donors (Lipinski definition) is 1. The van der Waals surface area contributed by atoms with Crippen LogP contribution in [0.3, 0.4) is 0 Å². The maximum atomic E-state index is 11.0. The van der Waals surface area contributed by atoms with E-state index in [9.17, 15) is 9.59 Å². The van der Waals surface area contributed by atoms with E-state index < -0.39 is 0 Å². The van der Waals surface area contributed by atoms with Crippen LogP contribution in [-0.4, -0.2) is 23.8 Å². The quantitative estimate of drug-likeness (QED) is 0.718. The molecular formula is C8H15NO2S. The van der Waals surface area contributed by atoms with Crippen LogP contribution in [0.15, 0.2) is 0 Å². The molecule has 0 radical (unpaired) electrons. The van der Waals surface area contributed by atoms with Crippen LogP contribution < -0.4 is 5.32 Å². The summed E-state index contributed by atoms with van der Waals surface area (Å²) in [6.45, 7) is 4.11. The molecule has 70 valence electrons. The predicted molar refractivity (Wildman–Crippen MR) is 51.0 cm³/mol. The molecule has 0 aliphatic heterocycles. The van der Waals surface area contributed by atoms with Gasteiger partial charge in [-0.05, 0) is 6.26 Å². The Kier molecular flexibility index (Phi) is 5.80. The highest BCUT2D eigenvalue weighted by Crippen LogP contribution is 1.98. The van der Waals surface area contributed by atoms with Gasteiger partial charge in [-0.1, -0.05) is 25.6 Å². The van der Waals surface area contributed by atoms with Crippen LogP contribution in [0, 0.1) is 5.92 Å². The first-order valence-electron chi connectivity index (χ1n) is 3.92. The Hall–Kier alpha value is -0.510. The molecule has 0 aliphatic rings. The summed E-state index contributed by atoms with van der Waals surface area (Å²) in [6, 6.07) is 0. The summed E-state index contributed by atoms with van der Waals surface area (Å²) in [6.07, 6.45) is 2.16. The lowest BCUT2D eigenvalue weighted by Crippen LogP contribution is -2.29. The zero-order valence-corrected chi connectivity index (χ0v) is 8.53. The fraction of sp³-hybridized carbons (Fsp3) is 0.750. The zero-order valence-electron chi connectivity index (χ0n) is 7.72. The molecule has 1 N–H and O–H groups in total. The second kappa shape index (κ2) is 6.06. The Morgan fingerprint density at radius 3 is 2.42 bits per heavy atom. The average Bonchev–Trinajstić information content (AvgIpc) is 2.03. The summed E-state index contributed by atoms with van der Waals surface area (Å²) in [5.41, 5.74) is 0. The van der Waals surface area contributed by atoms with E-state index in [2.05, 4.69) is 5.32 Å². The second-order valence-corrected chi connectivity index (χ2v) is 3.64. The first-order chi connectivity index (χ1) is 5.57. The van der Waals surface area contributed by atoms with Crippen LogP contribution in [0.25, 0.3) is 0 Å². The fourth-order valence-electron chi connectivity index (χ4n) is 0.594. The summed E-state index contributed by atoms with van der Waals surface area (Å²) >= 11 is 1.19. The van der Waals surface area contributed by atoms with E-state index >= 15 is 0 Å². The second-order valence-electron chi connectivity index (χ2n) is 2.77. The van der Waals surface area contributed by atoms with Crippen molar-refractivity contribution in [2.45, 2.75) is 20.3 Å². The molecular weight excluding hydrogens is 174 g/mol. The summed E-state index contributed by atoms with van der Waals surface area (Å²) < 4.78 is 0. The van der Waals surface area contributed by atoms with Gasteiger partial charge < -0.3 is 5.32 Å². The standard InChI is InChI=1S/C8H15NO2S/c1-6(2)8(11)9-5-4-7(10)12-3/h6H,4-5H2,1-3H3,(H,9,11). The Morgan fingerprint density at radius 1 is 1.42 bits per heavy atom. The van der Waals surface area contributed by atoms with E-state index in [0.29, 0.717) is 13.0 Å². The van der Waals surface area contributed by atoms with Gasteiger partial charge >= 0.3 is 0 Å². The van der Waals surface area contributed by atoms with Gasteiger partial charge in [-0.25, -0.2) is 0 Å². The molecule has 0 aromatic rings. The molecule has 0 bridgehead atoms. The number of carbonyl (C=O) groups excluding carboxylic acids is 2. The minimum Gasteiger partial charge on any atom is -0.355 e. The molecule has 4 heteroatoms. The molecule has 0 spiro atoms. The molecule has 0 atom stereocenters. The summed E-state index contributed by atoms with van der Waals surface area (Å²) in [7, 11) is 0. The molecule has 0 unspecified atom stereocenters. The molecule has 0 aliphatic carbocycles. The van der Waals surface area contributed by atoms with Crippen LogP contribution in [-0.2, 0) is 9.59 Å². The van der Waals surface area contributed by atoms with E-state index in [1.807, 2.05) is 13.8 Å². The molecule has 0 saturated carbocycles. The van der Waals surface area contributed by atoms with Crippen molar-refractivity contribution in [3.63, 3.8) is 0 Å². The third-order valence-corrected chi connectivity index (χ3v) is 2.04. The van der Waals surface area contributed by atoms with Crippen molar-refractivity contribution in [3.05, 3.63) is 0 Å². The maximum Gasteiger partial charge on any atom is 0.222 e. The molecule has 0 rings (SSSR count). The Balaban J connectivity index is 3.44. The molecule has 0 fully saturated rings. The lowest BCUT2D eigenvalue weighted by Gasteiger charge is -2.05. The van der Waals surface area contributed by atoms with Crippen molar-refractivity contribution in [1.29, 1.82) is 0 Å². The van der Waals surface area contributed by atoms with E-state index in [-0.39, 0.29) is 16.9 Å². The number of amides is 1. The number of thioether (sulfide) groups is 1. The van der Waals surface area contributed by atoms with Crippen molar-refractivity contribution in [2.24, 2.45) is 5.92 Å². The van der Waals surface area contributed by atoms with Gasteiger partial charge in [-0.15, -0.1) is 0 Å². The van der Waals surface area contributed by atoms with Crippen molar-refractivity contribution >= 4 is 22.8 Å². The van der Waals surface area contributed by atoms with Gasteiger partial charge in [-0.2, -0.15) is 0 Å². The maximum absolute atomic E-state index is 11.0. The van der Waals surface area contributed by atoms with E-state index in [0.717, 1.165) is 0 Å². The molecule has 3 nitrogen and oxygen atoms in total. The van der Waals surface area contributed by atoms with Crippen molar-refractivity contribution < 1.29 is 9.59 Å². The number of rotatable bonds is 4. The van der Waals surface area contributed by atoms with Crippen molar-refractivity contribution in [2.75, 3.05) is 12.8 Å². The highest BCUT2D eigenvalue weighted by Gasteiger charge is 2.06. The normalized spacial score (nSPS) is 10.0. The van der Waals surface area contributed by atoms with Gasteiger partial charge in [0.1, 0.15) is 0 Å². The van der Waals surface area contributed by atoms with Gasteiger partial charge in [0.2, 0.25) is 5.91 Å². The van der Waals surface area contributed by atoms with E-state index in [4.69, 9.17) is 0 Å². The first-order valence-corrected chi connectivity index (χ1v) is 5.15. The van der Waals surface area contributed by atoms with Gasteiger partial charge in [-0.3, -0.25) is 9.59 Å². The summed E-state index contributed by atoms with van der Waals surface area (Å²) in [4.78, 5) is 21.8. The molecule has 0 aromatic carbocycles. The molecule has 1 amide bonds.